The van der Waals surface area contributed by atoms with Gasteiger partial charge in [0.05, 0.1) is 0 Å². The first-order valence-corrected chi connectivity index (χ1v) is 3.57. The Labute approximate surface area is 49.7 Å². The largest absolute Gasteiger partial charge is 0.176 e. The first-order valence-electron chi connectivity index (χ1n) is 3.06. The Morgan fingerprint density at radius 3 is 2.29 bits per heavy atom. The third-order valence-corrected chi connectivity index (χ3v) is 2.95. The summed E-state index contributed by atoms with van der Waals surface area (Å²) in [6.07, 6.45) is 4.35. The number of hydrogen-bond donors (Lipinski definition) is 1. The smallest absolute Gasteiger partial charge is 0.00479 e. The molecule has 2 aliphatic carbocycles. The Balaban J connectivity index is 2.08. The standard InChI is InChI=1S/C6H10S/c7-6-2-1-4-3-5(4)6/h4-7H,1-3H2/t4-,5+,6?/m1/s1. The van der Waals surface area contributed by atoms with Gasteiger partial charge in [-0.1, -0.05) is 0 Å². The molecule has 40 valence electrons. The first-order chi connectivity index (χ1) is 3.38. The second kappa shape index (κ2) is 1.19. The Morgan fingerprint density at radius 2 is 2.14 bits per heavy atom. The molecule has 2 saturated carbocycles. The zero-order valence-corrected chi connectivity index (χ0v) is 5.20. The van der Waals surface area contributed by atoms with Gasteiger partial charge in [-0.2, -0.15) is 12.6 Å². The van der Waals surface area contributed by atoms with Crippen molar-refractivity contribution in [3.8, 4) is 0 Å². The van der Waals surface area contributed by atoms with Crippen LogP contribution in [0.15, 0.2) is 0 Å². The number of rotatable bonds is 0. The summed E-state index contributed by atoms with van der Waals surface area (Å²) in [5.74, 6) is 2.16. The molecule has 0 aromatic rings. The molecule has 0 heterocycles. The summed E-state index contributed by atoms with van der Waals surface area (Å²) in [4.78, 5) is 0. The van der Waals surface area contributed by atoms with Gasteiger partial charge in [-0.3, -0.25) is 0 Å². The summed E-state index contributed by atoms with van der Waals surface area (Å²) < 4.78 is 0. The molecule has 0 aromatic heterocycles. The minimum Gasteiger partial charge on any atom is -0.176 e. The lowest BCUT2D eigenvalue weighted by molar-refractivity contribution is 0.751. The van der Waals surface area contributed by atoms with Gasteiger partial charge >= 0.3 is 0 Å². The van der Waals surface area contributed by atoms with Crippen LogP contribution in [0.25, 0.3) is 0 Å². The van der Waals surface area contributed by atoms with Crippen molar-refractivity contribution < 1.29 is 0 Å². The molecule has 0 saturated heterocycles. The van der Waals surface area contributed by atoms with E-state index in [0.29, 0.717) is 0 Å². The summed E-state index contributed by atoms with van der Waals surface area (Å²) in [5, 5.41) is 0.782. The van der Waals surface area contributed by atoms with Gasteiger partial charge in [0.1, 0.15) is 0 Å². The average molecular weight is 114 g/mol. The molecule has 3 atom stereocenters. The van der Waals surface area contributed by atoms with Crippen LogP contribution in [0.3, 0.4) is 0 Å². The maximum Gasteiger partial charge on any atom is 0.00479 e. The number of fused-ring (bicyclic) bond motifs is 1. The molecule has 1 heteroatoms. The summed E-state index contributed by atoms with van der Waals surface area (Å²) in [7, 11) is 0. The normalized spacial score (nSPS) is 57.0. The molecule has 2 aliphatic rings. The maximum atomic E-state index is 4.43. The van der Waals surface area contributed by atoms with E-state index in [2.05, 4.69) is 12.6 Å². The highest BCUT2D eigenvalue weighted by Crippen LogP contribution is 2.53. The fourth-order valence-corrected chi connectivity index (χ4v) is 2.19. The second-order valence-electron chi connectivity index (χ2n) is 2.80. The van der Waals surface area contributed by atoms with Gasteiger partial charge in [0.15, 0.2) is 0 Å². The van der Waals surface area contributed by atoms with Crippen LogP contribution in [0.1, 0.15) is 19.3 Å². The van der Waals surface area contributed by atoms with E-state index in [-0.39, 0.29) is 0 Å². The fourth-order valence-electron chi connectivity index (χ4n) is 1.67. The Kier molecular flexibility index (Phi) is 0.724. The molecule has 0 spiro atoms. The van der Waals surface area contributed by atoms with Crippen LogP contribution < -0.4 is 0 Å². The lowest BCUT2D eigenvalue weighted by atomic mass is 10.2. The van der Waals surface area contributed by atoms with Crippen molar-refractivity contribution in [2.75, 3.05) is 0 Å². The van der Waals surface area contributed by atoms with Crippen LogP contribution in [0.4, 0.5) is 0 Å². The minimum atomic E-state index is 0.782. The van der Waals surface area contributed by atoms with Gasteiger partial charge in [-0.05, 0) is 31.1 Å². The molecule has 0 radical (unpaired) electrons. The second-order valence-corrected chi connectivity index (χ2v) is 3.47. The highest BCUT2D eigenvalue weighted by atomic mass is 32.1. The highest BCUT2D eigenvalue weighted by Gasteiger charge is 2.46. The topological polar surface area (TPSA) is 0 Å². The van der Waals surface area contributed by atoms with E-state index < -0.39 is 0 Å². The van der Waals surface area contributed by atoms with E-state index in [1.165, 1.54) is 19.3 Å². The third-order valence-electron chi connectivity index (χ3n) is 2.30. The lowest BCUT2D eigenvalue weighted by Crippen LogP contribution is -1.92. The minimum absolute atomic E-state index is 0.782. The van der Waals surface area contributed by atoms with Gasteiger partial charge in [-0.15, -0.1) is 0 Å². The summed E-state index contributed by atoms with van der Waals surface area (Å²) in [6, 6.07) is 0. The van der Waals surface area contributed by atoms with Crippen molar-refractivity contribution in [3.63, 3.8) is 0 Å². The van der Waals surface area contributed by atoms with Crippen LogP contribution in [-0.4, -0.2) is 5.25 Å². The average Bonchev–Trinajstić information content (AvgIpc) is 2.33. The molecular formula is C6H10S. The quantitative estimate of drug-likeness (QED) is 0.455. The van der Waals surface area contributed by atoms with E-state index in [1.54, 1.807) is 0 Å². The SMILES string of the molecule is SC1CC[C@@H]2C[C@H]12. The molecule has 2 rings (SSSR count). The molecular weight excluding hydrogens is 104 g/mol. The highest BCUT2D eigenvalue weighted by molar-refractivity contribution is 7.81. The first kappa shape index (κ1) is 4.25. The van der Waals surface area contributed by atoms with Crippen molar-refractivity contribution in [1.82, 2.24) is 0 Å². The van der Waals surface area contributed by atoms with Crippen LogP contribution in [0, 0.1) is 11.8 Å². The molecule has 0 nitrogen and oxygen atoms in total. The van der Waals surface area contributed by atoms with Crippen LogP contribution in [0.5, 0.6) is 0 Å². The Morgan fingerprint density at radius 1 is 1.29 bits per heavy atom. The maximum absolute atomic E-state index is 4.43. The van der Waals surface area contributed by atoms with Crippen LogP contribution >= 0.6 is 12.6 Å². The van der Waals surface area contributed by atoms with E-state index in [4.69, 9.17) is 0 Å². The zero-order chi connectivity index (χ0) is 4.85. The fraction of sp³-hybridized carbons (Fsp3) is 1.00. The summed E-state index contributed by atoms with van der Waals surface area (Å²) in [5.41, 5.74) is 0. The molecule has 7 heavy (non-hydrogen) atoms. The van der Waals surface area contributed by atoms with Crippen molar-refractivity contribution >= 4 is 12.6 Å². The summed E-state index contributed by atoms with van der Waals surface area (Å²) in [6.45, 7) is 0. The van der Waals surface area contributed by atoms with Crippen molar-refractivity contribution in [2.45, 2.75) is 24.5 Å². The van der Waals surface area contributed by atoms with E-state index in [9.17, 15) is 0 Å². The van der Waals surface area contributed by atoms with Crippen molar-refractivity contribution in [2.24, 2.45) is 11.8 Å². The molecule has 0 N–H and O–H groups in total. The predicted octanol–water partition coefficient (Wildman–Crippen LogP) is 1.71. The van der Waals surface area contributed by atoms with Gasteiger partial charge in [0.25, 0.3) is 0 Å². The monoisotopic (exact) mass is 114 g/mol. The molecule has 2 fully saturated rings. The van der Waals surface area contributed by atoms with Gasteiger partial charge in [0.2, 0.25) is 0 Å². The summed E-state index contributed by atoms with van der Waals surface area (Å²) >= 11 is 4.43. The zero-order valence-electron chi connectivity index (χ0n) is 4.30. The van der Waals surface area contributed by atoms with E-state index in [1.807, 2.05) is 0 Å². The van der Waals surface area contributed by atoms with Crippen LogP contribution in [-0.2, 0) is 0 Å². The van der Waals surface area contributed by atoms with Gasteiger partial charge in [0, 0.05) is 5.25 Å². The van der Waals surface area contributed by atoms with Crippen LogP contribution in [0.2, 0.25) is 0 Å². The van der Waals surface area contributed by atoms with Gasteiger partial charge < -0.3 is 0 Å². The predicted molar refractivity (Wildman–Crippen MR) is 33.6 cm³/mol. The lowest BCUT2D eigenvalue weighted by Gasteiger charge is -1.97. The van der Waals surface area contributed by atoms with Crippen molar-refractivity contribution in [3.05, 3.63) is 0 Å². The molecule has 0 aromatic carbocycles. The molecule has 0 bridgehead atoms. The third kappa shape index (κ3) is 0.510. The van der Waals surface area contributed by atoms with E-state index >= 15 is 0 Å². The number of hydrogen-bond acceptors (Lipinski definition) is 1. The molecule has 1 unspecified atom stereocenters. The van der Waals surface area contributed by atoms with Crippen molar-refractivity contribution in [1.29, 1.82) is 0 Å². The Hall–Kier alpha value is 0.350. The van der Waals surface area contributed by atoms with E-state index in [0.717, 1.165) is 17.1 Å². The molecule has 0 amide bonds. The van der Waals surface area contributed by atoms with Gasteiger partial charge in [-0.25, -0.2) is 0 Å². The molecule has 0 aliphatic heterocycles. The number of thiol groups is 1. The Bertz CT molecular complexity index is 90.2.